The molecule has 1 unspecified atom stereocenters. The SMILES string of the molecule is CCCC(C)NC(=O)CNCCN1CCCC1. The van der Waals surface area contributed by atoms with E-state index in [1.54, 1.807) is 0 Å². The molecule has 0 aromatic carbocycles. The lowest BCUT2D eigenvalue weighted by Gasteiger charge is -2.16. The highest BCUT2D eigenvalue weighted by Crippen LogP contribution is 2.05. The minimum Gasteiger partial charge on any atom is -0.353 e. The molecule has 2 N–H and O–H groups in total. The van der Waals surface area contributed by atoms with Crippen LogP contribution in [0.15, 0.2) is 0 Å². The Balaban J connectivity index is 1.95. The summed E-state index contributed by atoms with van der Waals surface area (Å²) in [5.74, 6) is 0.118. The van der Waals surface area contributed by atoms with Gasteiger partial charge in [-0.15, -0.1) is 0 Å². The van der Waals surface area contributed by atoms with Gasteiger partial charge in [0.05, 0.1) is 6.54 Å². The Kier molecular flexibility index (Phi) is 7.21. The van der Waals surface area contributed by atoms with Gasteiger partial charge >= 0.3 is 0 Å². The summed E-state index contributed by atoms with van der Waals surface area (Å²) in [7, 11) is 0. The van der Waals surface area contributed by atoms with Crippen molar-refractivity contribution in [3.8, 4) is 0 Å². The Hall–Kier alpha value is -0.610. The Labute approximate surface area is 105 Å². The second kappa shape index (κ2) is 8.48. The molecule has 1 saturated heterocycles. The van der Waals surface area contributed by atoms with Crippen LogP contribution in [-0.4, -0.2) is 49.6 Å². The van der Waals surface area contributed by atoms with Crippen molar-refractivity contribution in [1.29, 1.82) is 0 Å². The van der Waals surface area contributed by atoms with Gasteiger partial charge in [0.25, 0.3) is 0 Å². The van der Waals surface area contributed by atoms with E-state index in [4.69, 9.17) is 0 Å². The molecular formula is C13H27N3O. The minimum atomic E-state index is 0.118. The minimum absolute atomic E-state index is 0.118. The number of carbonyl (C=O) groups excluding carboxylic acids is 1. The average molecular weight is 241 g/mol. The van der Waals surface area contributed by atoms with Crippen LogP contribution in [0.5, 0.6) is 0 Å². The summed E-state index contributed by atoms with van der Waals surface area (Å²) in [6, 6.07) is 0.299. The van der Waals surface area contributed by atoms with Gasteiger partial charge in [0.2, 0.25) is 5.91 Å². The second-order valence-electron chi connectivity index (χ2n) is 4.98. The molecule has 1 amide bonds. The lowest BCUT2D eigenvalue weighted by Crippen LogP contribution is -2.40. The summed E-state index contributed by atoms with van der Waals surface area (Å²) in [5, 5.41) is 6.20. The fraction of sp³-hybridized carbons (Fsp3) is 0.923. The topological polar surface area (TPSA) is 44.4 Å². The van der Waals surface area contributed by atoms with Crippen LogP contribution in [0, 0.1) is 0 Å². The standard InChI is InChI=1S/C13H27N3O/c1-3-6-12(2)15-13(17)11-14-7-10-16-8-4-5-9-16/h12,14H,3-11H2,1-2H3,(H,15,17). The fourth-order valence-corrected chi connectivity index (χ4v) is 2.28. The number of hydrogen-bond donors (Lipinski definition) is 2. The molecule has 0 bridgehead atoms. The van der Waals surface area contributed by atoms with Crippen molar-refractivity contribution >= 4 is 5.91 Å². The van der Waals surface area contributed by atoms with Crippen LogP contribution in [0.1, 0.15) is 39.5 Å². The van der Waals surface area contributed by atoms with E-state index in [1.807, 2.05) is 0 Å². The van der Waals surface area contributed by atoms with Crippen molar-refractivity contribution in [1.82, 2.24) is 15.5 Å². The number of carbonyl (C=O) groups is 1. The predicted octanol–water partition coefficient (Wildman–Crippen LogP) is 0.977. The Bertz CT molecular complexity index is 215. The molecule has 0 radical (unpaired) electrons. The summed E-state index contributed by atoms with van der Waals surface area (Å²) < 4.78 is 0. The van der Waals surface area contributed by atoms with Gasteiger partial charge in [0.15, 0.2) is 0 Å². The number of nitrogens with one attached hydrogen (secondary N) is 2. The van der Waals surface area contributed by atoms with Crippen molar-refractivity contribution in [3.63, 3.8) is 0 Å². The lowest BCUT2D eigenvalue weighted by atomic mass is 10.2. The number of nitrogens with zero attached hydrogens (tertiary/aromatic N) is 1. The highest BCUT2D eigenvalue weighted by molar-refractivity contribution is 5.78. The first-order valence-corrected chi connectivity index (χ1v) is 6.94. The van der Waals surface area contributed by atoms with Gasteiger partial charge < -0.3 is 15.5 Å². The van der Waals surface area contributed by atoms with Gasteiger partial charge in [0, 0.05) is 19.1 Å². The second-order valence-corrected chi connectivity index (χ2v) is 4.98. The van der Waals surface area contributed by atoms with Crippen molar-refractivity contribution in [2.45, 2.75) is 45.6 Å². The van der Waals surface area contributed by atoms with E-state index in [2.05, 4.69) is 29.4 Å². The predicted molar refractivity (Wildman–Crippen MR) is 71.1 cm³/mol. The van der Waals surface area contributed by atoms with Gasteiger partial charge in [-0.25, -0.2) is 0 Å². The van der Waals surface area contributed by atoms with Crippen molar-refractivity contribution in [2.24, 2.45) is 0 Å². The molecule has 1 fully saturated rings. The summed E-state index contributed by atoms with van der Waals surface area (Å²) >= 11 is 0. The summed E-state index contributed by atoms with van der Waals surface area (Å²) in [6.45, 7) is 9.07. The monoisotopic (exact) mass is 241 g/mol. The van der Waals surface area contributed by atoms with E-state index in [0.29, 0.717) is 12.6 Å². The number of likely N-dealkylation sites (tertiary alicyclic amines) is 1. The van der Waals surface area contributed by atoms with Crippen LogP contribution in [0.4, 0.5) is 0 Å². The smallest absolute Gasteiger partial charge is 0.234 e. The zero-order chi connectivity index (χ0) is 12.5. The Morgan fingerprint density at radius 3 is 2.71 bits per heavy atom. The average Bonchev–Trinajstić information content (AvgIpc) is 2.77. The maximum absolute atomic E-state index is 11.5. The number of amides is 1. The van der Waals surface area contributed by atoms with E-state index < -0.39 is 0 Å². The van der Waals surface area contributed by atoms with Crippen LogP contribution in [0.2, 0.25) is 0 Å². The maximum atomic E-state index is 11.5. The van der Waals surface area contributed by atoms with Gasteiger partial charge in [-0.05, 0) is 39.3 Å². The third-order valence-electron chi connectivity index (χ3n) is 3.22. The highest BCUT2D eigenvalue weighted by atomic mass is 16.1. The molecule has 0 aliphatic carbocycles. The molecule has 100 valence electrons. The van der Waals surface area contributed by atoms with Crippen molar-refractivity contribution < 1.29 is 4.79 Å². The van der Waals surface area contributed by atoms with Crippen LogP contribution in [0.25, 0.3) is 0 Å². The summed E-state index contributed by atoms with van der Waals surface area (Å²) in [5.41, 5.74) is 0. The van der Waals surface area contributed by atoms with Crippen molar-refractivity contribution in [2.75, 3.05) is 32.7 Å². The van der Waals surface area contributed by atoms with Crippen LogP contribution in [0.3, 0.4) is 0 Å². The molecule has 1 atom stereocenters. The van der Waals surface area contributed by atoms with Crippen LogP contribution >= 0.6 is 0 Å². The van der Waals surface area contributed by atoms with Gasteiger partial charge in [-0.1, -0.05) is 13.3 Å². The molecule has 0 saturated carbocycles. The van der Waals surface area contributed by atoms with E-state index in [-0.39, 0.29) is 5.91 Å². The van der Waals surface area contributed by atoms with E-state index in [0.717, 1.165) is 25.9 Å². The summed E-state index contributed by atoms with van der Waals surface area (Å²) in [6.07, 6.45) is 4.83. The van der Waals surface area contributed by atoms with Gasteiger partial charge in [-0.3, -0.25) is 4.79 Å². The summed E-state index contributed by atoms with van der Waals surface area (Å²) in [4.78, 5) is 14.0. The largest absolute Gasteiger partial charge is 0.353 e. The lowest BCUT2D eigenvalue weighted by molar-refractivity contribution is -0.120. The molecule has 0 aromatic rings. The zero-order valence-electron chi connectivity index (χ0n) is 11.3. The third kappa shape index (κ3) is 6.64. The molecule has 4 nitrogen and oxygen atoms in total. The van der Waals surface area contributed by atoms with E-state index in [1.165, 1.54) is 25.9 Å². The molecule has 1 aliphatic rings. The fourth-order valence-electron chi connectivity index (χ4n) is 2.28. The first-order valence-electron chi connectivity index (χ1n) is 6.94. The van der Waals surface area contributed by atoms with Gasteiger partial charge in [0.1, 0.15) is 0 Å². The molecular weight excluding hydrogens is 214 g/mol. The first-order chi connectivity index (χ1) is 8.22. The molecule has 0 aromatic heterocycles. The Morgan fingerprint density at radius 1 is 1.35 bits per heavy atom. The van der Waals surface area contributed by atoms with E-state index in [9.17, 15) is 4.79 Å². The molecule has 4 heteroatoms. The number of rotatable bonds is 8. The highest BCUT2D eigenvalue weighted by Gasteiger charge is 2.10. The maximum Gasteiger partial charge on any atom is 0.234 e. The van der Waals surface area contributed by atoms with Crippen LogP contribution < -0.4 is 10.6 Å². The number of hydrogen-bond acceptors (Lipinski definition) is 3. The third-order valence-corrected chi connectivity index (χ3v) is 3.22. The zero-order valence-corrected chi connectivity index (χ0v) is 11.3. The van der Waals surface area contributed by atoms with Crippen molar-refractivity contribution in [3.05, 3.63) is 0 Å². The molecule has 1 aliphatic heterocycles. The molecule has 17 heavy (non-hydrogen) atoms. The molecule has 0 spiro atoms. The molecule has 1 heterocycles. The Morgan fingerprint density at radius 2 is 2.06 bits per heavy atom. The van der Waals surface area contributed by atoms with Crippen LogP contribution in [-0.2, 0) is 4.79 Å². The quantitative estimate of drug-likeness (QED) is 0.623. The molecule has 1 rings (SSSR count). The van der Waals surface area contributed by atoms with Gasteiger partial charge in [-0.2, -0.15) is 0 Å². The first kappa shape index (κ1) is 14.5. The van der Waals surface area contributed by atoms with E-state index >= 15 is 0 Å². The normalized spacial score (nSPS) is 18.2.